The van der Waals surface area contributed by atoms with Gasteiger partial charge < -0.3 is 14.6 Å². The van der Waals surface area contributed by atoms with Gasteiger partial charge in [-0.15, -0.1) is 5.92 Å². The lowest BCUT2D eigenvalue weighted by Gasteiger charge is -2.09. The van der Waals surface area contributed by atoms with Crippen LogP contribution in [-0.4, -0.2) is 24.9 Å². The van der Waals surface area contributed by atoms with E-state index in [1.165, 1.54) is 11.1 Å². The Bertz CT molecular complexity index is 813. The number of ether oxygens (including phenoxy) is 2. The number of methoxy groups -OCH3 is 1. The Balaban J connectivity index is 1.60. The third-order valence-corrected chi connectivity index (χ3v) is 4.82. The molecule has 2 atom stereocenters. The zero-order valence-corrected chi connectivity index (χ0v) is 18.4. The summed E-state index contributed by atoms with van der Waals surface area (Å²) in [5.41, 5.74) is 3.73. The molecule has 0 radical (unpaired) electrons. The highest BCUT2D eigenvalue weighted by molar-refractivity contribution is 5.26. The van der Waals surface area contributed by atoms with E-state index in [-0.39, 0.29) is 0 Å². The molecule has 0 spiro atoms. The number of aliphatic hydroxyl groups is 1. The van der Waals surface area contributed by atoms with Gasteiger partial charge in [0.1, 0.15) is 5.75 Å². The van der Waals surface area contributed by atoms with Gasteiger partial charge in [-0.2, -0.15) is 0 Å². The first-order valence-electron chi connectivity index (χ1n) is 10.6. The maximum atomic E-state index is 10.1. The van der Waals surface area contributed by atoms with Crippen molar-refractivity contribution in [2.75, 3.05) is 13.7 Å². The third-order valence-electron chi connectivity index (χ3n) is 4.82. The monoisotopic (exact) mass is 406 g/mol. The minimum atomic E-state index is -0.449. The summed E-state index contributed by atoms with van der Waals surface area (Å²) in [4.78, 5) is 0. The van der Waals surface area contributed by atoms with Crippen LogP contribution in [0.5, 0.6) is 5.75 Å². The Morgan fingerprint density at radius 3 is 2.47 bits per heavy atom. The van der Waals surface area contributed by atoms with Crippen molar-refractivity contribution in [3.05, 3.63) is 77.4 Å². The molecule has 0 unspecified atom stereocenters. The SMILES string of the molecule is COc1ccc(COCC[C@H](O)CC#CC/C(C)=C/[C@H](C)Cc2ccccc2)cc1. The van der Waals surface area contributed by atoms with Gasteiger partial charge in [0.05, 0.1) is 19.8 Å². The van der Waals surface area contributed by atoms with Crippen LogP contribution in [0.2, 0.25) is 0 Å². The van der Waals surface area contributed by atoms with Crippen LogP contribution in [-0.2, 0) is 17.8 Å². The van der Waals surface area contributed by atoms with Crippen molar-refractivity contribution in [1.29, 1.82) is 0 Å². The molecular weight excluding hydrogens is 372 g/mol. The molecule has 0 bridgehead atoms. The molecule has 3 nitrogen and oxygen atoms in total. The molecule has 3 heteroatoms. The fourth-order valence-electron chi connectivity index (χ4n) is 3.21. The van der Waals surface area contributed by atoms with Crippen LogP contribution in [0.4, 0.5) is 0 Å². The largest absolute Gasteiger partial charge is 0.497 e. The number of rotatable bonds is 11. The zero-order chi connectivity index (χ0) is 21.6. The van der Waals surface area contributed by atoms with Gasteiger partial charge in [-0.3, -0.25) is 0 Å². The van der Waals surface area contributed by atoms with Crippen molar-refractivity contribution in [1.82, 2.24) is 0 Å². The zero-order valence-electron chi connectivity index (χ0n) is 18.4. The van der Waals surface area contributed by atoms with Crippen molar-refractivity contribution in [2.45, 2.75) is 52.2 Å². The molecule has 30 heavy (non-hydrogen) atoms. The number of hydrogen-bond donors (Lipinski definition) is 1. The summed E-state index contributed by atoms with van der Waals surface area (Å²) < 4.78 is 10.8. The molecule has 2 aromatic carbocycles. The molecule has 1 N–H and O–H groups in total. The van der Waals surface area contributed by atoms with Crippen LogP contribution in [0.1, 0.15) is 44.2 Å². The van der Waals surface area contributed by atoms with E-state index in [2.05, 4.69) is 56.0 Å². The van der Waals surface area contributed by atoms with Gasteiger partial charge in [-0.25, -0.2) is 0 Å². The summed E-state index contributed by atoms with van der Waals surface area (Å²) in [5, 5.41) is 10.1. The highest BCUT2D eigenvalue weighted by atomic mass is 16.5. The lowest BCUT2D eigenvalue weighted by atomic mass is 9.98. The van der Waals surface area contributed by atoms with Crippen molar-refractivity contribution in [2.24, 2.45) is 5.92 Å². The van der Waals surface area contributed by atoms with E-state index in [1.54, 1.807) is 7.11 Å². The van der Waals surface area contributed by atoms with Crippen molar-refractivity contribution < 1.29 is 14.6 Å². The number of hydrogen-bond acceptors (Lipinski definition) is 3. The Kier molecular flexibility index (Phi) is 10.8. The maximum absolute atomic E-state index is 10.1. The fraction of sp³-hybridized carbons (Fsp3) is 0.407. The molecule has 0 aliphatic heterocycles. The minimum absolute atomic E-state index is 0.449. The average Bonchev–Trinajstić information content (AvgIpc) is 2.75. The van der Waals surface area contributed by atoms with Gasteiger partial charge in [0, 0.05) is 19.4 Å². The second-order valence-corrected chi connectivity index (χ2v) is 7.76. The van der Waals surface area contributed by atoms with Crippen LogP contribution < -0.4 is 4.74 Å². The van der Waals surface area contributed by atoms with Crippen molar-refractivity contribution in [3.8, 4) is 17.6 Å². The summed E-state index contributed by atoms with van der Waals surface area (Å²) in [6.07, 6.45) is 4.72. The Morgan fingerprint density at radius 1 is 1.03 bits per heavy atom. The van der Waals surface area contributed by atoms with E-state index in [0.717, 1.165) is 24.2 Å². The molecule has 0 amide bonds. The van der Waals surface area contributed by atoms with Gasteiger partial charge in [-0.05, 0) is 48.9 Å². The second kappa shape index (κ2) is 13.6. The molecule has 2 aromatic rings. The Morgan fingerprint density at radius 2 is 1.77 bits per heavy atom. The molecule has 160 valence electrons. The predicted molar refractivity (Wildman–Crippen MR) is 123 cm³/mol. The van der Waals surface area contributed by atoms with Crippen LogP contribution >= 0.6 is 0 Å². The van der Waals surface area contributed by atoms with E-state index >= 15 is 0 Å². The molecule has 2 rings (SSSR count). The molecule has 0 aromatic heterocycles. The first-order chi connectivity index (χ1) is 14.6. The first kappa shape index (κ1) is 23.7. The van der Waals surface area contributed by atoms with Crippen LogP contribution in [0.3, 0.4) is 0 Å². The highest BCUT2D eigenvalue weighted by Gasteiger charge is 2.03. The summed E-state index contributed by atoms with van der Waals surface area (Å²) in [7, 11) is 1.65. The van der Waals surface area contributed by atoms with E-state index in [1.807, 2.05) is 30.3 Å². The molecule has 0 saturated heterocycles. The maximum Gasteiger partial charge on any atom is 0.118 e. The molecule has 0 fully saturated rings. The number of benzene rings is 2. The highest BCUT2D eigenvalue weighted by Crippen LogP contribution is 2.13. The average molecular weight is 407 g/mol. The Hall–Kier alpha value is -2.54. The van der Waals surface area contributed by atoms with Crippen molar-refractivity contribution >= 4 is 0 Å². The van der Waals surface area contributed by atoms with Gasteiger partial charge in [0.2, 0.25) is 0 Å². The van der Waals surface area contributed by atoms with Gasteiger partial charge >= 0.3 is 0 Å². The predicted octanol–water partition coefficient (Wildman–Crippen LogP) is 5.57. The molecule has 0 aliphatic rings. The topological polar surface area (TPSA) is 38.7 Å². The third kappa shape index (κ3) is 9.78. The lowest BCUT2D eigenvalue weighted by molar-refractivity contribution is 0.0753. The van der Waals surface area contributed by atoms with Gasteiger partial charge in [0.15, 0.2) is 0 Å². The van der Waals surface area contributed by atoms with Crippen LogP contribution in [0.15, 0.2) is 66.2 Å². The van der Waals surface area contributed by atoms with E-state index in [9.17, 15) is 5.11 Å². The Labute approximate surface area is 181 Å². The standard InChI is InChI=1S/C27H34O3/c1-22(19-23(2)20-24-10-5-4-6-11-24)9-7-8-12-26(28)17-18-30-21-25-13-15-27(29-3)16-14-25/h4-6,10-11,13-16,19,23,26,28H,9,12,17-18,20-21H2,1-3H3/b22-19+/t23-,26+/m0/s1. The van der Waals surface area contributed by atoms with Crippen molar-refractivity contribution in [3.63, 3.8) is 0 Å². The quantitative estimate of drug-likeness (QED) is 0.301. The normalized spacial score (nSPS) is 13.3. The summed E-state index contributed by atoms with van der Waals surface area (Å²) in [5.74, 6) is 7.61. The fourth-order valence-corrected chi connectivity index (χ4v) is 3.21. The molecule has 0 aliphatic carbocycles. The smallest absolute Gasteiger partial charge is 0.118 e. The summed E-state index contributed by atoms with van der Waals surface area (Å²) in [6.45, 7) is 5.41. The minimum Gasteiger partial charge on any atom is -0.497 e. The van der Waals surface area contributed by atoms with E-state index in [0.29, 0.717) is 32.0 Å². The number of aliphatic hydroxyl groups excluding tert-OH is 1. The summed E-state index contributed by atoms with van der Waals surface area (Å²) >= 11 is 0. The summed E-state index contributed by atoms with van der Waals surface area (Å²) in [6, 6.07) is 18.4. The lowest BCUT2D eigenvalue weighted by Crippen LogP contribution is -2.09. The van der Waals surface area contributed by atoms with Crippen LogP contribution in [0.25, 0.3) is 0 Å². The van der Waals surface area contributed by atoms with Crippen LogP contribution in [0, 0.1) is 17.8 Å². The molecule has 0 heterocycles. The molecular formula is C27H34O3. The first-order valence-corrected chi connectivity index (χ1v) is 10.6. The number of allylic oxidation sites excluding steroid dienone is 2. The molecule has 0 saturated carbocycles. The van der Waals surface area contributed by atoms with E-state index < -0.39 is 6.10 Å². The second-order valence-electron chi connectivity index (χ2n) is 7.76. The van der Waals surface area contributed by atoms with Gasteiger partial charge in [-0.1, -0.05) is 67.0 Å². The van der Waals surface area contributed by atoms with Gasteiger partial charge in [0.25, 0.3) is 0 Å². The van der Waals surface area contributed by atoms with E-state index in [4.69, 9.17) is 9.47 Å².